The fraction of sp³-hybridized carbons (Fsp3) is 0.143. The van der Waals surface area contributed by atoms with Gasteiger partial charge in [-0.05, 0) is 31.2 Å². The predicted molar refractivity (Wildman–Crippen MR) is 69.0 cm³/mol. The third-order valence-electron chi connectivity index (χ3n) is 1.51. The van der Waals surface area contributed by atoms with Crippen molar-refractivity contribution in [2.75, 3.05) is 6.61 Å². The molecule has 0 spiro atoms. The van der Waals surface area contributed by atoms with Crippen molar-refractivity contribution in [2.45, 2.75) is 6.92 Å². The van der Waals surface area contributed by atoms with E-state index in [9.17, 15) is 0 Å². The first kappa shape index (κ1) is 15.0. The standard InChI is InChI=1S/2C6H6O.C2H6O/c2*7-6-4-2-1-3-5-6;1-2-3/h2*1-5,7H;3H,2H2,1H3. The lowest BCUT2D eigenvalue weighted by Gasteiger charge is -1.82. The van der Waals surface area contributed by atoms with Gasteiger partial charge in [-0.1, -0.05) is 36.4 Å². The number of hydrogen-bond donors (Lipinski definition) is 3. The average Bonchev–Trinajstić information content (AvgIpc) is 2.33. The van der Waals surface area contributed by atoms with Crippen molar-refractivity contribution in [1.82, 2.24) is 0 Å². The molecule has 0 atom stereocenters. The van der Waals surface area contributed by atoms with Crippen LogP contribution in [0.3, 0.4) is 0 Å². The smallest absolute Gasteiger partial charge is 0.115 e. The molecule has 0 aliphatic rings. The summed E-state index contributed by atoms with van der Waals surface area (Å²) in [7, 11) is 0. The summed E-state index contributed by atoms with van der Waals surface area (Å²) in [6, 6.07) is 17.4. The Balaban J connectivity index is 0.000000247. The van der Waals surface area contributed by atoms with E-state index in [0.717, 1.165) is 0 Å². The molecule has 3 N–H and O–H groups in total. The van der Waals surface area contributed by atoms with E-state index in [1.54, 1.807) is 55.5 Å². The minimum atomic E-state index is 0.250. The Morgan fingerprint density at radius 2 is 0.941 bits per heavy atom. The highest BCUT2D eigenvalue weighted by Crippen LogP contribution is 2.03. The molecule has 0 aliphatic heterocycles. The highest BCUT2D eigenvalue weighted by Gasteiger charge is 1.75. The van der Waals surface area contributed by atoms with Gasteiger partial charge in [-0.25, -0.2) is 0 Å². The van der Waals surface area contributed by atoms with Gasteiger partial charge in [0.1, 0.15) is 11.5 Å². The molecule has 3 nitrogen and oxygen atoms in total. The normalized spacial score (nSPS) is 8.12. The predicted octanol–water partition coefficient (Wildman–Crippen LogP) is 2.78. The van der Waals surface area contributed by atoms with Crippen LogP contribution in [-0.2, 0) is 0 Å². The molecule has 0 unspecified atom stereocenters. The van der Waals surface area contributed by atoms with Crippen molar-refractivity contribution in [2.24, 2.45) is 0 Å². The van der Waals surface area contributed by atoms with Crippen LogP contribution in [0, 0.1) is 0 Å². The summed E-state index contributed by atoms with van der Waals surface area (Å²) in [6.07, 6.45) is 0. The minimum absolute atomic E-state index is 0.250. The van der Waals surface area contributed by atoms with Crippen molar-refractivity contribution in [3.63, 3.8) is 0 Å². The number of aromatic hydroxyl groups is 2. The van der Waals surface area contributed by atoms with E-state index in [-0.39, 0.29) is 6.61 Å². The third kappa shape index (κ3) is 10.3. The van der Waals surface area contributed by atoms with Gasteiger partial charge in [-0.3, -0.25) is 0 Å². The summed E-state index contributed by atoms with van der Waals surface area (Å²) in [5.41, 5.74) is 0. The van der Waals surface area contributed by atoms with Crippen molar-refractivity contribution < 1.29 is 15.3 Å². The summed E-state index contributed by atoms with van der Waals surface area (Å²) in [4.78, 5) is 0. The molecule has 2 aromatic rings. The van der Waals surface area contributed by atoms with E-state index in [1.165, 1.54) is 0 Å². The molecule has 0 aromatic heterocycles. The number of aliphatic hydroxyl groups excluding tert-OH is 1. The molecule has 0 aliphatic carbocycles. The van der Waals surface area contributed by atoms with Gasteiger partial charge in [-0.15, -0.1) is 0 Å². The van der Waals surface area contributed by atoms with E-state index in [0.29, 0.717) is 11.5 Å². The molecule has 0 radical (unpaired) electrons. The van der Waals surface area contributed by atoms with Crippen LogP contribution < -0.4 is 0 Å². The average molecular weight is 234 g/mol. The van der Waals surface area contributed by atoms with E-state index < -0.39 is 0 Å². The van der Waals surface area contributed by atoms with Gasteiger partial charge in [0, 0.05) is 6.61 Å². The molecule has 92 valence electrons. The Hall–Kier alpha value is -2.00. The van der Waals surface area contributed by atoms with E-state index in [2.05, 4.69) is 0 Å². The van der Waals surface area contributed by atoms with Crippen molar-refractivity contribution in [3.05, 3.63) is 60.7 Å². The second kappa shape index (κ2) is 10.5. The molecular formula is C14H18O3. The maximum atomic E-state index is 8.63. The van der Waals surface area contributed by atoms with E-state index in [4.69, 9.17) is 15.3 Å². The number of aliphatic hydroxyl groups is 1. The number of phenols is 2. The molecule has 2 rings (SSSR count). The first-order valence-corrected chi connectivity index (χ1v) is 5.29. The number of rotatable bonds is 0. The maximum absolute atomic E-state index is 8.63. The van der Waals surface area contributed by atoms with Crippen LogP contribution in [0.15, 0.2) is 60.7 Å². The number of hydrogen-bond acceptors (Lipinski definition) is 3. The first-order chi connectivity index (χ1) is 8.20. The molecule has 2 aromatic carbocycles. The van der Waals surface area contributed by atoms with Crippen LogP contribution in [0.5, 0.6) is 11.5 Å². The second-order valence-electron chi connectivity index (χ2n) is 2.99. The summed E-state index contributed by atoms with van der Waals surface area (Å²) < 4.78 is 0. The second-order valence-corrected chi connectivity index (χ2v) is 2.99. The van der Waals surface area contributed by atoms with Gasteiger partial charge in [0.15, 0.2) is 0 Å². The zero-order valence-electron chi connectivity index (χ0n) is 9.82. The van der Waals surface area contributed by atoms with Gasteiger partial charge in [0.2, 0.25) is 0 Å². The van der Waals surface area contributed by atoms with Crippen LogP contribution in [0.25, 0.3) is 0 Å². The van der Waals surface area contributed by atoms with E-state index in [1.807, 2.05) is 12.1 Å². The summed E-state index contributed by atoms with van der Waals surface area (Å²) in [5, 5.41) is 24.8. The summed E-state index contributed by atoms with van der Waals surface area (Å²) in [5.74, 6) is 0.644. The van der Waals surface area contributed by atoms with Gasteiger partial charge in [0.25, 0.3) is 0 Å². The molecule has 3 heteroatoms. The highest BCUT2D eigenvalue weighted by molar-refractivity contribution is 5.19. The molecule has 0 amide bonds. The van der Waals surface area contributed by atoms with Gasteiger partial charge >= 0.3 is 0 Å². The first-order valence-electron chi connectivity index (χ1n) is 5.29. The summed E-state index contributed by atoms with van der Waals surface area (Å²) in [6.45, 7) is 1.93. The Morgan fingerprint density at radius 1 is 0.706 bits per heavy atom. The molecule has 0 saturated carbocycles. The molecule has 0 bridgehead atoms. The Morgan fingerprint density at radius 3 is 1.06 bits per heavy atom. The zero-order valence-corrected chi connectivity index (χ0v) is 9.82. The largest absolute Gasteiger partial charge is 0.508 e. The Labute approximate surface area is 102 Å². The van der Waals surface area contributed by atoms with Crippen molar-refractivity contribution >= 4 is 0 Å². The Bertz CT molecular complexity index is 322. The number of phenolic OH excluding ortho intramolecular Hbond substituents is 2. The van der Waals surface area contributed by atoms with Crippen molar-refractivity contribution in [1.29, 1.82) is 0 Å². The topological polar surface area (TPSA) is 60.7 Å². The monoisotopic (exact) mass is 234 g/mol. The maximum Gasteiger partial charge on any atom is 0.115 e. The lowest BCUT2D eigenvalue weighted by molar-refractivity contribution is 0.318. The van der Waals surface area contributed by atoms with Gasteiger partial charge in [0.05, 0.1) is 0 Å². The third-order valence-corrected chi connectivity index (χ3v) is 1.51. The molecule has 0 saturated heterocycles. The lowest BCUT2D eigenvalue weighted by Crippen LogP contribution is -1.57. The van der Waals surface area contributed by atoms with E-state index >= 15 is 0 Å². The van der Waals surface area contributed by atoms with Crippen LogP contribution in [-0.4, -0.2) is 21.9 Å². The zero-order chi connectivity index (χ0) is 12.9. The molecule has 17 heavy (non-hydrogen) atoms. The fourth-order valence-corrected chi connectivity index (χ4v) is 0.856. The quantitative estimate of drug-likeness (QED) is 0.657. The van der Waals surface area contributed by atoms with Gasteiger partial charge < -0.3 is 15.3 Å². The lowest BCUT2D eigenvalue weighted by atomic mass is 10.3. The Kier molecular flexibility index (Phi) is 9.28. The summed E-state index contributed by atoms with van der Waals surface area (Å²) >= 11 is 0. The number of para-hydroxylation sites is 2. The van der Waals surface area contributed by atoms with Crippen LogP contribution in [0.4, 0.5) is 0 Å². The number of benzene rings is 2. The fourth-order valence-electron chi connectivity index (χ4n) is 0.856. The molecule has 0 heterocycles. The highest BCUT2D eigenvalue weighted by atomic mass is 16.3. The van der Waals surface area contributed by atoms with Crippen LogP contribution in [0.1, 0.15) is 6.92 Å². The van der Waals surface area contributed by atoms with Crippen LogP contribution >= 0.6 is 0 Å². The SMILES string of the molecule is CCO.Oc1ccccc1.Oc1ccccc1. The van der Waals surface area contributed by atoms with Crippen LogP contribution in [0.2, 0.25) is 0 Å². The van der Waals surface area contributed by atoms with Gasteiger partial charge in [-0.2, -0.15) is 0 Å². The van der Waals surface area contributed by atoms with Crippen molar-refractivity contribution in [3.8, 4) is 11.5 Å². The molecule has 0 fully saturated rings. The molecular weight excluding hydrogens is 216 g/mol. The minimum Gasteiger partial charge on any atom is -0.508 e.